The Labute approximate surface area is 161 Å². The molecule has 10 nitrogen and oxygen atoms in total. The van der Waals surface area contributed by atoms with Crippen molar-refractivity contribution in [3.63, 3.8) is 0 Å². The number of ether oxygens (including phenoxy) is 4. The molecule has 1 aromatic carbocycles. The van der Waals surface area contributed by atoms with Crippen LogP contribution >= 0.6 is 0 Å². The summed E-state index contributed by atoms with van der Waals surface area (Å²) in [6, 6.07) is 7.61. The lowest BCUT2D eigenvalue weighted by molar-refractivity contribution is -0.262. The van der Waals surface area contributed by atoms with Gasteiger partial charge in [-0.1, -0.05) is 30.3 Å². The SMILES string of the molecule is CC(=O)O[C@@H]1[C@@H](NC(=O)OCc2ccccc2)[C@@H](O)O[C@H](CO)[C@H]1OC(C)=O. The van der Waals surface area contributed by atoms with Crippen molar-refractivity contribution in [3.05, 3.63) is 35.9 Å². The Hall–Kier alpha value is -2.69. The van der Waals surface area contributed by atoms with E-state index in [4.69, 9.17) is 18.9 Å². The van der Waals surface area contributed by atoms with Gasteiger partial charge in [0.25, 0.3) is 0 Å². The number of benzene rings is 1. The molecule has 2 rings (SSSR count). The summed E-state index contributed by atoms with van der Waals surface area (Å²) in [4.78, 5) is 35.0. The summed E-state index contributed by atoms with van der Waals surface area (Å²) in [7, 11) is 0. The van der Waals surface area contributed by atoms with Crippen LogP contribution in [0.5, 0.6) is 0 Å². The van der Waals surface area contributed by atoms with Crippen LogP contribution < -0.4 is 5.32 Å². The number of nitrogens with one attached hydrogen (secondary N) is 1. The quantitative estimate of drug-likeness (QED) is 0.441. The zero-order chi connectivity index (χ0) is 20.7. The molecule has 1 aliphatic heterocycles. The molecule has 0 aromatic heterocycles. The van der Waals surface area contributed by atoms with E-state index < -0.39 is 55.3 Å². The average molecular weight is 397 g/mol. The van der Waals surface area contributed by atoms with Gasteiger partial charge < -0.3 is 34.5 Å². The molecule has 5 atom stereocenters. The molecule has 1 fully saturated rings. The van der Waals surface area contributed by atoms with E-state index in [2.05, 4.69) is 5.32 Å². The molecule has 3 N–H and O–H groups in total. The third-order valence-electron chi connectivity index (χ3n) is 3.95. The van der Waals surface area contributed by atoms with E-state index in [1.807, 2.05) is 6.07 Å². The summed E-state index contributed by atoms with van der Waals surface area (Å²) in [5, 5.41) is 22.0. The van der Waals surface area contributed by atoms with Gasteiger partial charge in [0.15, 0.2) is 18.5 Å². The van der Waals surface area contributed by atoms with Gasteiger partial charge in [-0.05, 0) is 5.56 Å². The third kappa shape index (κ3) is 5.91. The second-order valence-corrected chi connectivity index (χ2v) is 6.13. The molecule has 1 aliphatic rings. The maximum absolute atomic E-state index is 12.1. The second kappa shape index (κ2) is 10.0. The van der Waals surface area contributed by atoms with Crippen LogP contribution in [0.1, 0.15) is 19.4 Å². The van der Waals surface area contributed by atoms with Gasteiger partial charge in [-0.15, -0.1) is 0 Å². The standard InChI is InChI=1S/C18H23NO9/c1-10(21)26-15-13(8-20)28-17(23)14(16(15)27-11(2)22)19-18(24)25-9-12-6-4-3-5-7-12/h3-7,13-17,20,23H,8-9H2,1-2H3,(H,19,24)/t13-,14-,15-,16-,17+/m1/s1. The molecule has 1 aromatic rings. The Morgan fingerprint density at radius 3 is 2.25 bits per heavy atom. The van der Waals surface area contributed by atoms with Crippen molar-refractivity contribution in [2.45, 2.75) is 51.1 Å². The van der Waals surface area contributed by atoms with Gasteiger partial charge >= 0.3 is 18.0 Å². The van der Waals surface area contributed by atoms with E-state index in [-0.39, 0.29) is 6.61 Å². The van der Waals surface area contributed by atoms with Crippen molar-refractivity contribution in [2.75, 3.05) is 6.61 Å². The maximum Gasteiger partial charge on any atom is 0.407 e. The van der Waals surface area contributed by atoms with Crippen LogP contribution in [0.3, 0.4) is 0 Å². The molecular weight excluding hydrogens is 374 g/mol. The summed E-state index contributed by atoms with van der Waals surface area (Å²) in [5.41, 5.74) is 0.743. The zero-order valence-corrected chi connectivity index (χ0v) is 15.4. The number of amides is 1. The van der Waals surface area contributed by atoms with Crippen molar-refractivity contribution in [1.29, 1.82) is 0 Å². The van der Waals surface area contributed by atoms with Crippen molar-refractivity contribution in [1.82, 2.24) is 5.32 Å². The number of hydrogen-bond donors (Lipinski definition) is 3. The number of carbonyl (C=O) groups excluding carboxylic acids is 3. The average Bonchev–Trinajstić information content (AvgIpc) is 2.65. The predicted octanol–water partition coefficient (Wildman–Crippen LogP) is -0.146. The number of rotatable bonds is 6. The van der Waals surface area contributed by atoms with Crippen molar-refractivity contribution < 1.29 is 43.5 Å². The monoisotopic (exact) mass is 397 g/mol. The largest absolute Gasteiger partial charge is 0.456 e. The van der Waals surface area contributed by atoms with Gasteiger partial charge in [0, 0.05) is 13.8 Å². The van der Waals surface area contributed by atoms with E-state index in [0.717, 1.165) is 19.4 Å². The van der Waals surface area contributed by atoms with E-state index >= 15 is 0 Å². The molecule has 154 valence electrons. The number of hydrogen-bond acceptors (Lipinski definition) is 9. The van der Waals surface area contributed by atoms with Crippen LogP contribution in [-0.2, 0) is 35.1 Å². The third-order valence-corrected chi connectivity index (χ3v) is 3.95. The lowest BCUT2D eigenvalue weighted by atomic mass is 9.96. The van der Waals surface area contributed by atoms with Gasteiger partial charge in [0.05, 0.1) is 6.61 Å². The molecule has 0 aliphatic carbocycles. The van der Waals surface area contributed by atoms with Crippen molar-refractivity contribution in [3.8, 4) is 0 Å². The second-order valence-electron chi connectivity index (χ2n) is 6.13. The zero-order valence-electron chi connectivity index (χ0n) is 15.4. The highest BCUT2D eigenvalue weighted by molar-refractivity contribution is 5.69. The summed E-state index contributed by atoms with van der Waals surface area (Å²) in [6.07, 6.45) is -6.24. The van der Waals surface area contributed by atoms with E-state index in [9.17, 15) is 24.6 Å². The van der Waals surface area contributed by atoms with Crippen LogP contribution in [-0.4, -0.2) is 65.5 Å². The fourth-order valence-electron chi connectivity index (χ4n) is 2.79. The molecule has 1 saturated heterocycles. The van der Waals surface area contributed by atoms with Gasteiger partial charge in [0.1, 0.15) is 18.8 Å². The van der Waals surface area contributed by atoms with E-state index in [1.165, 1.54) is 0 Å². The molecule has 10 heteroatoms. The maximum atomic E-state index is 12.1. The number of carbonyl (C=O) groups is 3. The van der Waals surface area contributed by atoms with Crippen LogP contribution in [0.15, 0.2) is 30.3 Å². The fourth-order valence-corrected chi connectivity index (χ4v) is 2.79. The predicted molar refractivity (Wildman–Crippen MR) is 92.6 cm³/mol. The summed E-state index contributed by atoms with van der Waals surface area (Å²) < 4.78 is 20.5. The summed E-state index contributed by atoms with van der Waals surface area (Å²) >= 11 is 0. The summed E-state index contributed by atoms with van der Waals surface area (Å²) in [6.45, 7) is 1.60. The van der Waals surface area contributed by atoms with Crippen molar-refractivity contribution >= 4 is 18.0 Å². The molecular formula is C18H23NO9. The van der Waals surface area contributed by atoms with Crippen LogP contribution in [0.4, 0.5) is 4.79 Å². The molecule has 0 saturated carbocycles. The summed E-state index contributed by atoms with van der Waals surface area (Å²) in [5.74, 6) is -1.46. The molecule has 0 unspecified atom stereocenters. The normalized spacial score (nSPS) is 26.8. The first kappa shape index (κ1) is 21.6. The Morgan fingerprint density at radius 2 is 1.68 bits per heavy atom. The van der Waals surface area contributed by atoms with Gasteiger partial charge in [-0.3, -0.25) is 9.59 Å². The van der Waals surface area contributed by atoms with Gasteiger partial charge in [0.2, 0.25) is 0 Å². The lowest BCUT2D eigenvalue weighted by Gasteiger charge is -2.43. The molecule has 28 heavy (non-hydrogen) atoms. The van der Waals surface area contributed by atoms with E-state index in [0.29, 0.717) is 0 Å². The van der Waals surface area contributed by atoms with Crippen LogP contribution in [0.25, 0.3) is 0 Å². The number of aliphatic hydroxyl groups is 2. The Bertz CT molecular complexity index is 681. The minimum absolute atomic E-state index is 0.0266. The Balaban J connectivity index is 2.12. The first-order valence-corrected chi connectivity index (χ1v) is 8.58. The minimum atomic E-state index is -1.64. The van der Waals surface area contributed by atoms with Crippen molar-refractivity contribution in [2.24, 2.45) is 0 Å². The molecule has 0 radical (unpaired) electrons. The topological polar surface area (TPSA) is 141 Å². The van der Waals surface area contributed by atoms with E-state index in [1.54, 1.807) is 24.3 Å². The first-order valence-electron chi connectivity index (χ1n) is 8.58. The van der Waals surface area contributed by atoms with Gasteiger partial charge in [-0.25, -0.2) is 4.79 Å². The molecule has 1 amide bonds. The first-order chi connectivity index (χ1) is 13.3. The van der Waals surface area contributed by atoms with Gasteiger partial charge in [-0.2, -0.15) is 0 Å². The highest BCUT2D eigenvalue weighted by atomic mass is 16.7. The Morgan fingerprint density at radius 1 is 1.07 bits per heavy atom. The lowest BCUT2D eigenvalue weighted by Crippen LogP contribution is -2.66. The van der Waals surface area contributed by atoms with Crippen LogP contribution in [0, 0.1) is 0 Å². The number of aliphatic hydroxyl groups excluding tert-OH is 2. The highest BCUT2D eigenvalue weighted by Crippen LogP contribution is 2.25. The molecule has 0 spiro atoms. The van der Waals surface area contributed by atoms with Crippen LogP contribution in [0.2, 0.25) is 0 Å². The minimum Gasteiger partial charge on any atom is -0.456 e. The molecule has 0 bridgehead atoms. The molecule has 1 heterocycles. The Kier molecular flexibility index (Phi) is 7.73. The number of alkyl carbamates (subject to hydrolysis) is 1. The highest BCUT2D eigenvalue weighted by Gasteiger charge is 2.50. The number of esters is 2. The smallest absolute Gasteiger partial charge is 0.407 e. The fraction of sp³-hybridized carbons (Fsp3) is 0.500.